The number of esters is 1. The first-order valence-corrected chi connectivity index (χ1v) is 12.3. The number of nitrogens with one attached hydrogen (secondary N) is 1. The second-order valence-electron chi connectivity index (χ2n) is 8.44. The normalized spacial score (nSPS) is 11.8. The van der Waals surface area contributed by atoms with Crippen LogP contribution in [0.5, 0.6) is 0 Å². The first-order chi connectivity index (χ1) is 15.1. The number of carbonyl (C=O) groups excluding carboxylic acids is 2. The van der Waals surface area contributed by atoms with E-state index in [1.54, 1.807) is 13.0 Å². The van der Waals surface area contributed by atoms with Crippen molar-refractivity contribution in [1.29, 1.82) is 0 Å². The van der Waals surface area contributed by atoms with Crippen molar-refractivity contribution in [2.45, 2.75) is 110 Å². The van der Waals surface area contributed by atoms with Gasteiger partial charge in [0.05, 0.1) is 12.2 Å². The van der Waals surface area contributed by atoms with Gasteiger partial charge in [0.15, 0.2) is 0 Å². The molecule has 0 unspecified atom stereocenters. The number of hydrogen-bond donors (Lipinski definition) is 1. The lowest BCUT2D eigenvalue weighted by Gasteiger charge is -2.13. The molecule has 1 N–H and O–H groups in total. The van der Waals surface area contributed by atoms with Crippen molar-refractivity contribution in [2.24, 2.45) is 0 Å². The number of hydrogen-bond acceptors (Lipinski definition) is 3. The molecule has 0 bridgehead atoms. The fourth-order valence-corrected chi connectivity index (χ4v) is 3.57. The van der Waals surface area contributed by atoms with Gasteiger partial charge < -0.3 is 10.1 Å². The molecule has 5 heteroatoms. The number of carbonyl (C=O) groups is 2. The SMILES string of the molecule is CCCCCCCCCCCCCCCCOC(=O)[C@H](C)NC(=O)c1ccccc1F. The second kappa shape index (κ2) is 17.7. The summed E-state index contributed by atoms with van der Waals surface area (Å²) in [6, 6.07) is 4.89. The van der Waals surface area contributed by atoms with Crippen LogP contribution in [-0.4, -0.2) is 24.5 Å². The van der Waals surface area contributed by atoms with E-state index in [2.05, 4.69) is 12.2 Å². The van der Waals surface area contributed by atoms with Gasteiger partial charge in [-0.15, -0.1) is 0 Å². The van der Waals surface area contributed by atoms with Crippen LogP contribution in [-0.2, 0) is 9.53 Å². The summed E-state index contributed by atoms with van der Waals surface area (Å²) in [7, 11) is 0. The maximum atomic E-state index is 13.6. The van der Waals surface area contributed by atoms with Crippen molar-refractivity contribution in [2.75, 3.05) is 6.61 Å². The lowest BCUT2D eigenvalue weighted by Crippen LogP contribution is -2.40. The van der Waals surface area contributed by atoms with Crippen molar-refractivity contribution in [1.82, 2.24) is 5.32 Å². The lowest BCUT2D eigenvalue weighted by atomic mass is 10.0. The molecule has 31 heavy (non-hydrogen) atoms. The molecule has 0 spiro atoms. The summed E-state index contributed by atoms with van der Waals surface area (Å²) in [5, 5.41) is 2.49. The Morgan fingerprint density at radius 3 is 1.84 bits per heavy atom. The van der Waals surface area contributed by atoms with Gasteiger partial charge in [0.2, 0.25) is 0 Å². The molecule has 1 aromatic rings. The molecule has 1 rings (SSSR count). The third-order valence-electron chi connectivity index (χ3n) is 5.56. The summed E-state index contributed by atoms with van der Waals surface area (Å²) < 4.78 is 18.9. The van der Waals surface area contributed by atoms with Crippen LogP contribution in [0.2, 0.25) is 0 Å². The number of unbranched alkanes of at least 4 members (excludes halogenated alkanes) is 13. The van der Waals surface area contributed by atoms with E-state index in [0.717, 1.165) is 19.3 Å². The van der Waals surface area contributed by atoms with E-state index in [4.69, 9.17) is 4.74 Å². The maximum absolute atomic E-state index is 13.6. The van der Waals surface area contributed by atoms with E-state index in [1.807, 2.05) is 0 Å². The van der Waals surface area contributed by atoms with Gasteiger partial charge in [0.25, 0.3) is 5.91 Å². The van der Waals surface area contributed by atoms with Crippen molar-refractivity contribution in [3.8, 4) is 0 Å². The highest BCUT2D eigenvalue weighted by molar-refractivity contribution is 5.96. The average molecular weight is 436 g/mol. The summed E-state index contributed by atoms with van der Waals surface area (Å²) >= 11 is 0. The Kier molecular flexibility index (Phi) is 15.5. The highest BCUT2D eigenvalue weighted by atomic mass is 19.1. The standard InChI is InChI=1S/C26H42FNO3/c1-3-4-5-6-7-8-9-10-11-12-13-14-15-18-21-31-26(30)22(2)28-25(29)23-19-16-17-20-24(23)27/h16-17,19-20,22H,3-15,18,21H2,1-2H3,(H,28,29)/t22-/m0/s1. The molecule has 1 atom stereocenters. The van der Waals surface area contributed by atoms with Crippen LogP contribution in [0.25, 0.3) is 0 Å². The predicted molar refractivity (Wildman–Crippen MR) is 125 cm³/mol. The minimum Gasteiger partial charge on any atom is -0.464 e. The molecule has 0 heterocycles. The predicted octanol–water partition coefficient (Wildman–Crippen LogP) is 6.97. The van der Waals surface area contributed by atoms with E-state index in [0.29, 0.717) is 6.61 Å². The Morgan fingerprint density at radius 1 is 0.839 bits per heavy atom. The maximum Gasteiger partial charge on any atom is 0.328 e. The highest BCUT2D eigenvalue weighted by Crippen LogP contribution is 2.13. The van der Waals surface area contributed by atoms with Gasteiger partial charge in [-0.25, -0.2) is 9.18 Å². The Morgan fingerprint density at radius 2 is 1.32 bits per heavy atom. The van der Waals surface area contributed by atoms with Crippen LogP contribution in [0, 0.1) is 5.82 Å². The molecule has 176 valence electrons. The summed E-state index contributed by atoms with van der Waals surface area (Å²) in [5.41, 5.74) is -0.0749. The van der Waals surface area contributed by atoms with Gasteiger partial charge in [-0.1, -0.05) is 103 Å². The van der Waals surface area contributed by atoms with Gasteiger partial charge >= 0.3 is 5.97 Å². The fraction of sp³-hybridized carbons (Fsp3) is 0.692. The molecule has 1 aromatic carbocycles. The molecule has 0 aliphatic carbocycles. The number of benzene rings is 1. The number of halogens is 1. The minimum absolute atomic E-state index is 0.0749. The Labute approximate surface area is 188 Å². The number of ether oxygens (including phenoxy) is 1. The molecule has 4 nitrogen and oxygen atoms in total. The summed E-state index contributed by atoms with van der Waals surface area (Å²) in [6.45, 7) is 4.16. The first-order valence-electron chi connectivity index (χ1n) is 12.3. The molecule has 0 saturated carbocycles. The zero-order valence-electron chi connectivity index (χ0n) is 19.6. The lowest BCUT2D eigenvalue weighted by molar-refractivity contribution is -0.145. The summed E-state index contributed by atoms with van der Waals surface area (Å²) in [6.07, 6.45) is 17.9. The van der Waals surface area contributed by atoms with Crippen LogP contribution < -0.4 is 5.32 Å². The third-order valence-corrected chi connectivity index (χ3v) is 5.56. The van der Waals surface area contributed by atoms with E-state index in [9.17, 15) is 14.0 Å². The molecule has 0 aliphatic rings. The Balaban J connectivity index is 1.95. The first kappa shape index (κ1) is 27.1. The van der Waals surface area contributed by atoms with E-state index >= 15 is 0 Å². The zero-order valence-corrected chi connectivity index (χ0v) is 19.6. The van der Waals surface area contributed by atoms with Crippen LogP contribution >= 0.6 is 0 Å². The molecule has 0 radical (unpaired) electrons. The van der Waals surface area contributed by atoms with Crippen molar-refractivity contribution in [3.05, 3.63) is 35.6 Å². The smallest absolute Gasteiger partial charge is 0.328 e. The number of amides is 1. The van der Waals surface area contributed by atoms with Crippen molar-refractivity contribution >= 4 is 11.9 Å². The number of rotatable bonds is 18. The fourth-order valence-electron chi connectivity index (χ4n) is 3.57. The van der Waals surface area contributed by atoms with Crippen molar-refractivity contribution < 1.29 is 18.7 Å². The molecule has 1 amide bonds. The van der Waals surface area contributed by atoms with Gasteiger partial charge in [-0.3, -0.25) is 4.79 Å². The molecule has 0 fully saturated rings. The minimum atomic E-state index is -0.807. The monoisotopic (exact) mass is 435 g/mol. The molecular formula is C26H42FNO3. The Hall–Kier alpha value is -1.91. The Bertz CT molecular complexity index is 620. The molecule has 0 saturated heterocycles. The highest BCUT2D eigenvalue weighted by Gasteiger charge is 2.19. The van der Waals surface area contributed by atoms with Gasteiger partial charge in [0, 0.05) is 0 Å². The van der Waals surface area contributed by atoms with Gasteiger partial charge in [0.1, 0.15) is 11.9 Å². The van der Waals surface area contributed by atoms with Gasteiger partial charge in [-0.05, 0) is 25.5 Å². The molecule has 0 aliphatic heterocycles. The van der Waals surface area contributed by atoms with Crippen LogP contribution in [0.4, 0.5) is 4.39 Å². The zero-order chi connectivity index (χ0) is 22.7. The van der Waals surface area contributed by atoms with Crippen LogP contribution in [0.1, 0.15) is 114 Å². The van der Waals surface area contributed by atoms with Crippen LogP contribution in [0.3, 0.4) is 0 Å². The van der Waals surface area contributed by atoms with Gasteiger partial charge in [-0.2, -0.15) is 0 Å². The topological polar surface area (TPSA) is 55.4 Å². The average Bonchev–Trinajstić information content (AvgIpc) is 2.76. The second-order valence-corrected chi connectivity index (χ2v) is 8.44. The quantitative estimate of drug-likeness (QED) is 0.200. The molecule has 0 aromatic heterocycles. The summed E-state index contributed by atoms with van der Waals surface area (Å²) in [5.74, 6) is -1.71. The van der Waals surface area contributed by atoms with E-state index in [-0.39, 0.29) is 5.56 Å². The summed E-state index contributed by atoms with van der Waals surface area (Å²) in [4.78, 5) is 24.0. The van der Waals surface area contributed by atoms with Crippen molar-refractivity contribution in [3.63, 3.8) is 0 Å². The van der Waals surface area contributed by atoms with E-state index < -0.39 is 23.7 Å². The van der Waals surface area contributed by atoms with Crippen LogP contribution in [0.15, 0.2) is 24.3 Å². The van der Waals surface area contributed by atoms with E-state index in [1.165, 1.54) is 88.8 Å². The largest absolute Gasteiger partial charge is 0.464 e. The third kappa shape index (κ3) is 13.2. The molecular weight excluding hydrogens is 393 g/mol.